The summed E-state index contributed by atoms with van der Waals surface area (Å²) in [6, 6.07) is 16.2. The van der Waals surface area contributed by atoms with Gasteiger partial charge in [-0.15, -0.1) is 0 Å². The predicted molar refractivity (Wildman–Crippen MR) is 94.3 cm³/mol. The van der Waals surface area contributed by atoms with Crippen molar-refractivity contribution >= 4 is 39.9 Å². The Bertz CT molecular complexity index is 953. The Hall–Kier alpha value is -2.92. The molecule has 1 N–H and O–H groups in total. The molecular formula is C19H13ClFNO3. The number of amides is 1. The van der Waals surface area contributed by atoms with Crippen molar-refractivity contribution in [3.8, 4) is 0 Å². The molecule has 0 bridgehead atoms. The van der Waals surface area contributed by atoms with Crippen molar-refractivity contribution in [2.75, 3.05) is 11.9 Å². The smallest absolute Gasteiger partial charge is 0.339 e. The van der Waals surface area contributed by atoms with Gasteiger partial charge in [0.1, 0.15) is 5.82 Å². The minimum Gasteiger partial charge on any atom is -0.452 e. The van der Waals surface area contributed by atoms with Gasteiger partial charge in [0.15, 0.2) is 6.61 Å². The summed E-state index contributed by atoms with van der Waals surface area (Å²) >= 11 is 5.84. The first-order chi connectivity index (χ1) is 12.0. The minimum absolute atomic E-state index is 0.0636. The molecule has 0 fully saturated rings. The van der Waals surface area contributed by atoms with Crippen LogP contribution in [0.4, 0.5) is 10.1 Å². The van der Waals surface area contributed by atoms with E-state index in [0.717, 1.165) is 16.8 Å². The first-order valence-corrected chi connectivity index (χ1v) is 7.82. The number of halogens is 2. The second-order valence-corrected chi connectivity index (χ2v) is 5.68. The van der Waals surface area contributed by atoms with E-state index in [0.29, 0.717) is 5.56 Å². The summed E-state index contributed by atoms with van der Waals surface area (Å²) in [5.41, 5.74) is 0.625. The zero-order chi connectivity index (χ0) is 17.8. The Morgan fingerprint density at radius 3 is 2.60 bits per heavy atom. The molecule has 0 aliphatic heterocycles. The van der Waals surface area contributed by atoms with Crippen molar-refractivity contribution in [2.24, 2.45) is 0 Å². The molecule has 6 heteroatoms. The van der Waals surface area contributed by atoms with Crippen LogP contribution in [0.15, 0.2) is 60.7 Å². The molecule has 126 valence electrons. The molecular weight excluding hydrogens is 345 g/mol. The monoisotopic (exact) mass is 357 g/mol. The molecule has 3 aromatic rings. The Morgan fingerprint density at radius 2 is 1.80 bits per heavy atom. The SMILES string of the molecule is O=C(COC(=O)c1cccc2ccccc12)Nc1ccc(F)cc1Cl. The van der Waals surface area contributed by atoms with E-state index in [4.69, 9.17) is 16.3 Å². The van der Waals surface area contributed by atoms with Gasteiger partial charge in [-0.25, -0.2) is 9.18 Å². The van der Waals surface area contributed by atoms with E-state index in [1.54, 1.807) is 12.1 Å². The Balaban J connectivity index is 1.66. The van der Waals surface area contributed by atoms with Gasteiger partial charge < -0.3 is 10.1 Å². The van der Waals surface area contributed by atoms with Gasteiger partial charge in [-0.05, 0) is 35.0 Å². The van der Waals surface area contributed by atoms with E-state index < -0.39 is 24.3 Å². The number of esters is 1. The van der Waals surface area contributed by atoms with E-state index in [1.165, 1.54) is 12.1 Å². The van der Waals surface area contributed by atoms with Crippen LogP contribution in [-0.2, 0) is 9.53 Å². The van der Waals surface area contributed by atoms with Crippen LogP contribution in [0.3, 0.4) is 0 Å². The number of fused-ring (bicyclic) bond motifs is 1. The molecule has 0 unspecified atom stereocenters. The zero-order valence-corrected chi connectivity index (χ0v) is 13.7. The molecule has 0 aromatic heterocycles. The number of ether oxygens (including phenoxy) is 1. The molecule has 0 heterocycles. The first-order valence-electron chi connectivity index (χ1n) is 7.44. The number of hydrogen-bond donors (Lipinski definition) is 1. The van der Waals surface area contributed by atoms with Crippen molar-refractivity contribution < 1.29 is 18.7 Å². The van der Waals surface area contributed by atoms with Crippen molar-refractivity contribution in [3.05, 3.63) is 77.1 Å². The molecule has 3 aromatic carbocycles. The summed E-state index contributed by atoms with van der Waals surface area (Å²) in [5, 5.41) is 4.18. The second kappa shape index (κ2) is 7.32. The van der Waals surface area contributed by atoms with E-state index in [9.17, 15) is 14.0 Å². The Kier molecular flexibility index (Phi) is 4.95. The standard InChI is InChI=1S/C19H13ClFNO3/c20-16-10-13(21)8-9-17(16)22-18(23)11-25-19(24)15-7-3-5-12-4-1-2-6-14(12)15/h1-10H,11H2,(H,22,23). The topological polar surface area (TPSA) is 55.4 Å². The first kappa shape index (κ1) is 16.9. The highest BCUT2D eigenvalue weighted by Gasteiger charge is 2.14. The van der Waals surface area contributed by atoms with E-state index in [1.807, 2.05) is 30.3 Å². The molecule has 0 saturated carbocycles. The maximum atomic E-state index is 13.0. The lowest BCUT2D eigenvalue weighted by Gasteiger charge is -2.09. The van der Waals surface area contributed by atoms with E-state index in [-0.39, 0.29) is 10.7 Å². The molecule has 3 rings (SSSR count). The third kappa shape index (κ3) is 3.95. The summed E-state index contributed by atoms with van der Waals surface area (Å²) in [5.74, 6) is -1.68. The molecule has 1 amide bonds. The maximum absolute atomic E-state index is 13.0. The molecule has 0 radical (unpaired) electrons. The molecule has 4 nitrogen and oxygen atoms in total. The van der Waals surface area contributed by atoms with Crippen molar-refractivity contribution in [2.45, 2.75) is 0 Å². The maximum Gasteiger partial charge on any atom is 0.339 e. The average Bonchev–Trinajstić information content (AvgIpc) is 2.61. The average molecular weight is 358 g/mol. The van der Waals surface area contributed by atoms with Gasteiger partial charge in [0.05, 0.1) is 16.3 Å². The Labute approximate surface area is 148 Å². The van der Waals surface area contributed by atoms with Crippen molar-refractivity contribution in [1.82, 2.24) is 0 Å². The molecule has 0 aliphatic carbocycles. The zero-order valence-electron chi connectivity index (χ0n) is 13.0. The van der Waals surface area contributed by atoms with Gasteiger partial charge in [0.2, 0.25) is 0 Å². The number of hydrogen-bond acceptors (Lipinski definition) is 3. The lowest BCUT2D eigenvalue weighted by atomic mass is 10.1. The van der Waals surface area contributed by atoms with Gasteiger partial charge in [-0.1, -0.05) is 48.0 Å². The van der Waals surface area contributed by atoms with Gasteiger partial charge in [0, 0.05) is 0 Å². The van der Waals surface area contributed by atoms with Crippen LogP contribution in [-0.4, -0.2) is 18.5 Å². The lowest BCUT2D eigenvalue weighted by molar-refractivity contribution is -0.119. The highest BCUT2D eigenvalue weighted by atomic mass is 35.5. The number of nitrogens with one attached hydrogen (secondary N) is 1. The third-order valence-corrected chi connectivity index (χ3v) is 3.86. The number of anilines is 1. The predicted octanol–water partition coefficient (Wildman–Crippen LogP) is 4.43. The largest absolute Gasteiger partial charge is 0.452 e. The summed E-state index contributed by atoms with van der Waals surface area (Å²) in [7, 11) is 0. The quantitative estimate of drug-likeness (QED) is 0.703. The fourth-order valence-electron chi connectivity index (χ4n) is 2.39. The van der Waals surface area contributed by atoms with Crippen LogP contribution in [0.1, 0.15) is 10.4 Å². The van der Waals surface area contributed by atoms with E-state index >= 15 is 0 Å². The number of benzene rings is 3. The summed E-state index contributed by atoms with van der Waals surface area (Å²) in [6.45, 7) is -0.476. The number of carbonyl (C=O) groups excluding carboxylic acids is 2. The molecule has 0 aliphatic rings. The van der Waals surface area contributed by atoms with Crippen LogP contribution in [0.5, 0.6) is 0 Å². The highest BCUT2D eigenvalue weighted by Crippen LogP contribution is 2.22. The van der Waals surface area contributed by atoms with Crippen molar-refractivity contribution in [1.29, 1.82) is 0 Å². The fourth-order valence-corrected chi connectivity index (χ4v) is 2.60. The van der Waals surface area contributed by atoms with Gasteiger partial charge >= 0.3 is 5.97 Å². The molecule has 0 spiro atoms. The van der Waals surface area contributed by atoms with Crippen LogP contribution >= 0.6 is 11.6 Å². The van der Waals surface area contributed by atoms with Crippen molar-refractivity contribution in [3.63, 3.8) is 0 Å². The number of rotatable bonds is 4. The summed E-state index contributed by atoms with van der Waals surface area (Å²) < 4.78 is 18.1. The minimum atomic E-state index is -0.600. The number of carbonyl (C=O) groups is 2. The third-order valence-electron chi connectivity index (χ3n) is 3.55. The van der Waals surface area contributed by atoms with E-state index in [2.05, 4.69) is 5.32 Å². The van der Waals surface area contributed by atoms with Gasteiger partial charge in [-0.2, -0.15) is 0 Å². The summed E-state index contributed by atoms with van der Waals surface area (Å²) in [4.78, 5) is 24.2. The summed E-state index contributed by atoms with van der Waals surface area (Å²) in [6.07, 6.45) is 0. The lowest BCUT2D eigenvalue weighted by Crippen LogP contribution is -2.21. The molecule has 0 saturated heterocycles. The van der Waals surface area contributed by atoms with Gasteiger partial charge in [0.25, 0.3) is 5.91 Å². The second-order valence-electron chi connectivity index (χ2n) is 5.28. The fraction of sp³-hybridized carbons (Fsp3) is 0.0526. The van der Waals surface area contributed by atoms with Crippen LogP contribution < -0.4 is 5.32 Å². The highest BCUT2D eigenvalue weighted by molar-refractivity contribution is 6.33. The van der Waals surface area contributed by atoms with Crippen LogP contribution in [0.2, 0.25) is 5.02 Å². The Morgan fingerprint density at radius 1 is 1.04 bits per heavy atom. The molecule has 0 atom stereocenters. The van der Waals surface area contributed by atoms with Crippen LogP contribution in [0, 0.1) is 5.82 Å². The molecule has 25 heavy (non-hydrogen) atoms. The van der Waals surface area contributed by atoms with Crippen LogP contribution in [0.25, 0.3) is 10.8 Å². The normalized spacial score (nSPS) is 10.5. The van der Waals surface area contributed by atoms with Gasteiger partial charge in [-0.3, -0.25) is 4.79 Å².